The first kappa shape index (κ1) is 18.6. The molecule has 2 heterocycles. The van der Waals surface area contributed by atoms with Crippen LogP contribution >= 0.6 is 0 Å². The molecule has 0 atom stereocenters. The number of ether oxygens (including phenoxy) is 2. The Hall–Kier alpha value is -2.80. The van der Waals surface area contributed by atoms with Gasteiger partial charge in [0.25, 0.3) is 0 Å². The quantitative estimate of drug-likeness (QED) is 0.877. The summed E-state index contributed by atoms with van der Waals surface area (Å²) in [5.74, 6) is 1.11. The highest BCUT2D eigenvalue weighted by molar-refractivity contribution is 5.92. The number of hydrogen-bond acceptors (Lipinski definition) is 5. The van der Waals surface area contributed by atoms with Gasteiger partial charge >= 0.3 is 0 Å². The molecule has 2 aromatic carbocycles. The summed E-state index contributed by atoms with van der Waals surface area (Å²) in [5.41, 5.74) is 1.72. The van der Waals surface area contributed by atoms with E-state index in [4.69, 9.17) is 9.47 Å². The largest absolute Gasteiger partial charge is 0.490 e. The molecule has 1 saturated heterocycles. The third kappa shape index (κ3) is 4.54. The Kier molecular flexibility index (Phi) is 5.62. The lowest BCUT2D eigenvalue weighted by atomic mass is 10.2. The highest BCUT2D eigenvalue weighted by atomic mass is 19.1. The number of rotatable bonds is 4. The van der Waals surface area contributed by atoms with Gasteiger partial charge in [0.2, 0.25) is 5.91 Å². The number of carbonyl (C=O) groups is 1. The number of amides is 1. The Morgan fingerprint density at radius 1 is 0.964 bits per heavy atom. The van der Waals surface area contributed by atoms with Crippen molar-refractivity contribution >= 4 is 17.3 Å². The van der Waals surface area contributed by atoms with Gasteiger partial charge in [-0.15, -0.1) is 0 Å². The van der Waals surface area contributed by atoms with Gasteiger partial charge in [0.1, 0.15) is 5.82 Å². The van der Waals surface area contributed by atoms with Gasteiger partial charge in [0, 0.05) is 50.0 Å². The first-order valence-electron chi connectivity index (χ1n) is 9.60. The summed E-state index contributed by atoms with van der Waals surface area (Å²) in [6.45, 7) is 4.78. The van der Waals surface area contributed by atoms with Crippen LogP contribution in [0.5, 0.6) is 11.5 Å². The van der Waals surface area contributed by atoms with Crippen LogP contribution in [-0.4, -0.2) is 56.7 Å². The molecule has 0 bridgehead atoms. The van der Waals surface area contributed by atoms with Crippen LogP contribution in [-0.2, 0) is 4.79 Å². The van der Waals surface area contributed by atoms with E-state index in [1.807, 2.05) is 18.2 Å². The van der Waals surface area contributed by atoms with Gasteiger partial charge in [-0.1, -0.05) is 0 Å². The van der Waals surface area contributed by atoms with Gasteiger partial charge in [0.05, 0.1) is 19.8 Å². The van der Waals surface area contributed by atoms with Crippen LogP contribution in [0.2, 0.25) is 0 Å². The molecule has 148 valence electrons. The Labute approximate surface area is 163 Å². The molecule has 6 nitrogen and oxygen atoms in total. The van der Waals surface area contributed by atoms with E-state index in [1.165, 1.54) is 12.1 Å². The average molecular weight is 385 g/mol. The highest BCUT2D eigenvalue weighted by Crippen LogP contribution is 2.32. The zero-order valence-corrected chi connectivity index (χ0v) is 15.7. The van der Waals surface area contributed by atoms with Crippen LogP contribution in [0.1, 0.15) is 6.42 Å². The molecule has 4 rings (SSSR count). The number of benzene rings is 2. The van der Waals surface area contributed by atoms with E-state index in [0.717, 1.165) is 38.3 Å². The van der Waals surface area contributed by atoms with Crippen LogP contribution in [0.25, 0.3) is 0 Å². The van der Waals surface area contributed by atoms with Crippen molar-refractivity contribution in [3.05, 3.63) is 48.3 Å². The fraction of sp³-hybridized carbons (Fsp3) is 0.381. The third-order valence-corrected chi connectivity index (χ3v) is 4.96. The molecule has 2 aliphatic heterocycles. The molecule has 2 aliphatic rings. The van der Waals surface area contributed by atoms with Crippen molar-refractivity contribution in [1.29, 1.82) is 0 Å². The van der Waals surface area contributed by atoms with Gasteiger partial charge < -0.3 is 19.7 Å². The van der Waals surface area contributed by atoms with E-state index < -0.39 is 0 Å². The molecule has 0 aliphatic carbocycles. The first-order valence-corrected chi connectivity index (χ1v) is 9.60. The second-order valence-corrected chi connectivity index (χ2v) is 7.00. The van der Waals surface area contributed by atoms with Crippen molar-refractivity contribution in [2.75, 3.05) is 56.2 Å². The molecule has 0 spiro atoms. The lowest BCUT2D eigenvalue weighted by Gasteiger charge is -2.35. The van der Waals surface area contributed by atoms with Crippen molar-refractivity contribution < 1.29 is 18.7 Å². The Morgan fingerprint density at radius 2 is 1.68 bits per heavy atom. The monoisotopic (exact) mass is 385 g/mol. The second kappa shape index (κ2) is 8.48. The molecule has 1 amide bonds. The average Bonchev–Trinajstić information content (AvgIpc) is 2.94. The minimum Gasteiger partial charge on any atom is -0.490 e. The van der Waals surface area contributed by atoms with Crippen molar-refractivity contribution in [3.63, 3.8) is 0 Å². The van der Waals surface area contributed by atoms with Crippen LogP contribution in [0.3, 0.4) is 0 Å². The van der Waals surface area contributed by atoms with E-state index in [1.54, 1.807) is 12.1 Å². The molecule has 0 radical (unpaired) electrons. The Morgan fingerprint density at radius 3 is 2.43 bits per heavy atom. The Balaban J connectivity index is 1.28. The smallest absolute Gasteiger partial charge is 0.238 e. The minimum absolute atomic E-state index is 0.0512. The number of nitrogens with one attached hydrogen (secondary N) is 1. The van der Waals surface area contributed by atoms with Gasteiger partial charge in [0.15, 0.2) is 11.5 Å². The fourth-order valence-electron chi connectivity index (χ4n) is 3.46. The lowest BCUT2D eigenvalue weighted by molar-refractivity contribution is -0.117. The number of nitrogens with zero attached hydrogens (tertiary/aromatic N) is 2. The number of halogens is 1. The molecule has 28 heavy (non-hydrogen) atoms. The van der Waals surface area contributed by atoms with Crippen LogP contribution in [0.15, 0.2) is 42.5 Å². The minimum atomic E-state index is -0.228. The zero-order valence-electron chi connectivity index (χ0n) is 15.7. The first-order chi connectivity index (χ1) is 13.7. The molecule has 0 saturated carbocycles. The van der Waals surface area contributed by atoms with Crippen LogP contribution < -0.4 is 19.7 Å². The Bertz CT molecular complexity index is 820. The maximum Gasteiger partial charge on any atom is 0.238 e. The second-order valence-electron chi connectivity index (χ2n) is 7.00. The van der Waals surface area contributed by atoms with Gasteiger partial charge in [-0.2, -0.15) is 0 Å². The third-order valence-electron chi connectivity index (χ3n) is 4.96. The van der Waals surface area contributed by atoms with E-state index in [-0.39, 0.29) is 11.7 Å². The maximum atomic E-state index is 13.1. The molecule has 0 unspecified atom stereocenters. The van der Waals surface area contributed by atoms with E-state index in [9.17, 15) is 9.18 Å². The topological polar surface area (TPSA) is 54.0 Å². The molecular weight excluding hydrogens is 361 g/mol. The zero-order chi connectivity index (χ0) is 19.3. The number of fused-ring (bicyclic) bond motifs is 1. The van der Waals surface area contributed by atoms with E-state index >= 15 is 0 Å². The summed E-state index contributed by atoms with van der Waals surface area (Å²) in [6.07, 6.45) is 0.847. The normalized spacial score (nSPS) is 17.1. The number of anilines is 2. The van der Waals surface area contributed by atoms with Crippen molar-refractivity contribution in [3.8, 4) is 11.5 Å². The molecule has 1 N–H and O–H groups in total. The summed E-state index contributed by atoms with van der Waals surface area (Å²) in [6, 6.07) is 12.0. The summed E-state index contributed by atoms with van der Waals surface area (Å²) in [7, 11) is 0. The van der Waals surface area contributed by atoms with Gasteiger partial charge in [-0.25, -0.2) is 4.39 Å². The van der Waals surface area contributed by atoms with E-state index in [0.29, 0.717) is 36.9 Å². The molecule has 0 aromatic heterocycles. The van der Waals surface area contributed by atoms with Gasteiger partial charge in [-0.3, -0.25) is 9.69 Å². The predicted octanol–water partition coefficient (Wildman–Crippen LogP) is 2.75. The number of carbonyl (C=O) groups excluding carboxylic acids is 1. The molecule has 1 fully saturated rings. The molecule has 7 heteroatoms. The highest BCUT2D eigenvalue weighted by Gasteiger charge is 2.20. The number of hydrogen-bond donors (Lipinski definition) is 1. The fourth-order valence-corrected chi connectivity index (χ4v) is 3.46. The number of piperazine rings is 1. The standard InChI is InChI=1S/C21H24FN3O3/c22-16-2-5-18(6-3-16)25-10-8-24(9-11-25)15-21(26)23-17-4-7-19-20(14-17)28-13-1-12-27-19/h2-7,14H,1,8-13,15H2,(H,23,26). The van der Waals surface area contributed by atoms with Crippen LogP contribution in [0, 0.1) is 5.82 Å². The summed E-state index contributed by atoms with van der Waals surface area (Å²) in [4.78, 5) is 16.8. The van der Waals surface area contributed by atoms with Crippen molar-refractivity contribution in [2.45, 2.75) is 6.42 Å². The predicted molar refractivity (Wildman–Crippen MR) is 106 cm³/mol. The molecular formula is C21H24FN3O3. The molecule has 2 aromatic rings. The summed E-state index contributed by atoms with van der Waals surface area (Å²) >= 11 is 0. The summed E-state index contributed by atoms with van der Waals surface area (Å²) < 4.78 is 24.3. The SMILES string of the molecule is O=C(CN1CCN(c2ccc(F)cc2)CC1)Nc1ccc2c(c1)OCCCO2. The van der Waals surface area contributed by atoms with Gasteiger partial charge in [-0.05, 0) is 36.4 Å². The van der Waals surface area contributed by atoms with E-state index in [2.05, 4.69) is 15.1 Å². The summed E-state index contributed by atoms with van der Waals surface area (Å²) in [5, 5.41) is 2.94. The van der Waals surface area contributed by atoms with Crippen LogP contribution in [0.4, 0.5) is 15.8 Å². The van der Waals surface area contributed by atoms with Crippen molar-refractivity contribution in [2.24, 2.45) is 0 Å². The van der Waals surface area contributed by atoms with Crippen molar-refractivity contribution in [1.82, 2.24) is 4.90 Å². The maximum absolute atomic E-state index is 13.1. The lowest BCUT2D eigenvalue weighted by Crippen LogP contribution is -2.48.